The van der Waals surface area contributed by atoms with Gasteiger partial charge in [0.05, 0.1) is 5.39 Å². The van der Waals surface area contributed by atoms with Gasteiger partial charge in [0.1, 0.15) is 23.5 Å². The zero-order valence-electron chi connectivity index (χ0n) is 10.1. The normalized spacial score (nSPS) is 11.1. The third kappa shape index (κ3) is 1.41. The third-order valence-corrected chi connectivity index (χ3v) is 2.85. The summed E-state index contributed by atoms with van der Waals surface area (Å²) in [5.41, 5.74) is 8.30. The summed E-state index contributed by atoms with van der Waals surface area (Å²) in [4.78, 5) is 8.35. The van der Waals surface area contributed by atoms with E-state index in [1.165, 1.54) is 6.33 Å². The first-order valence-corrected chi connectivity index (χ1v) is 5.63. The summed E-state index contributed by atoms with van der Waals surface area (Å²) in [5.74, 6) is 0.450. The summed E-state index contributed by atoms with van der Waals surface area (Å²) in [7, 11) is 0. The van der Waals surface area contributed by atoms with E-state index in [9.17, 15) is 0 Å². The maximum atomic E-state index is 5.95. The Kier molecular flexibility index (Phi) is 2.20. The van der Waals surface area contributed by atoms with Crippen molar-refractivity contribution < 1.29 is 0 Å². The number of aromatic amines is 1. The van der Waals surface area contributed by atoms with Crippen LogP contribution in [0.15, 0.2) is 12.5 Å². The number of aromatic nitrogens is 5. The molecular formula is C12H12N6. The number of H-pyrrole nitrogens is 1. The molecule has 3 heterocycles. The van der Waals surface area contributed by atoms with Gasteiger partial charge in [-0.05, 0) is 19.9 Å². The number of nitrogens with one attached hydrogen (secondary N) is 1. The van der Waals surface area contributed by atoms with Gasteiger partial charge in [-0.15, -0.1) is 0 Å². The average molecular weight is 240 g/mol. The first-order chi connectivity index (χ1) is 8.68. The molecule has 0 aliphatic rings. The molecular weight excluding hydrogens is 228 g/mol. The minimum Gasteiger partial charge on any atom is -0.383 e. The molecule has 3 aromatic heterocycles. The van der Waals surface area contributed by atoms with Gasteiger partial charge in [-0.25, -0.2) is 15.1 Å². The largest absolute Gasteiger partial charge is 0.383 e. The predicted molar refractivity (Wildman–Crippen MR) is 67.6 cm³/mol. The Bertz CT molecular complexity index is 680. The van der Waals surface area contributed by atoms with Gasteiger partial charge >= 0.3 is 0 Å². The van der Waals surface area contributed by atoms with Crippen molar-refractivity contribution >= 4 is 16.9 Å². The summed E-state index contributed by atoms with van der Waals surface area (Å²) in [6.07, 6.45) is 6.14. The van der Waals surface area contributed by atoms with Gasteiger partial charge in [0.15, 0.2) is 0 Å². The first-order valence-electron chi connectivity index (χ1n) is 5.63. The number of hydrogen-bond donors (Lipinski definition) is 2. The zero-order valence-corrected chi connectivity index (χ0v) is 10.1. The average Bonchev–Trinajstić information content (AvgIpc) is 2.95. The fraction of sp³-hybridized carbons (Fsp3) is 0.250. The highest BCUT2D eigenvalue weighted by Crippen LogP contribution is 2.32. The second-order valence-corrected chi connectivity index (χ2v) is 4.32. The highest BCUT2D eigenvalue weighted by atomic mass is 15.1. The van der Waals surface area contributed by atoms with Crippen LogP contribution in [0.25, 0.3) is 22.3 Å². The van der Waals surface area contributed by atoms with E-state index in [-0.39, 0.29) is 6.04 Å². The quantitative estimate of drug-likeness (QED) is 0.712. The number of anilines is 1. The van der Waals surface area contributed by atoms with Crippen LogP contribution in [0.3, 0.4) is 0 Å². The van der Waals surface area contributed by atoms with Crippen molar-refractivity contribution in [1.82, 2.24) is 24.7 Å². The molecule has 3 N–H and O–H groups in total. The molecule has 6 nitrogen and oxygen atoms in total. The van der Waals surface area contributed by atoms with E-state index in [4.69, 9.17) is 5.73 Å². The molecule has 0 saturated heterocycles. The van der Waals surface area contributed by atoms with Crippen LogP contribution in [-0.2, 0) is 0 Å². The lowest BCUT2D eigenvalue weighted by molar-refractivity contribution is 0.618. The lowest BCUT2D eigenvalue weighted by Gasteiger charge is -2.07. The predicted octanol–water partition coefficient (Wildman–Crippen LogP) is 1.58. The Balaban J connectivity index is 2.39. The maximum absolute atomic E-state index is 5.95. The van der Waals surface area contributed by atoms with Gasteiger partial charge in [0.2, 0.25) is 0 Å². The molecule has 0 radical (unpaired) electrons. The van der Waals surface area contributed by atoms with E-state index >= 15 is 0 Å². The summed E-state index contributed by atoms with van der Waals surface area (Å²) in [5, 5.41) is 7.53. The summed E-state index contributed by atoms with van der Waals surface area (Å²) in [6, 6.07) is 3.19. The van der Waals surface area contributed by atoms with Gasteiger partial charge in [0.25, 0.3) is 0 Å². The number of nitrogens with two attached hydrogens (primary N) is 1. The van der Waals surface area contributed by atoms with Crippen molar-refractivity contribution in [2.75, 3.05) is 5.73 Å². The van der Waals surface area contributed by atoms with Crippen molar-refractivity contribution in [2.24, 2.45) is 0 Å². The molecule has 0 atom stereocenters. The van der Waals surface area contributed by atoms with Gasteiger partial charge in [-0.3, -0.25) is 0 Å². The van der Waals surface area contributed by atoms with E-state index in [0.29, 0.717) is 11.5 Å². The molecule has 0 spiro atoms. The van der Waals surface area contributed by atoms with Gasteiger partial charge in [-0.2, -0.15) is 5.10 Å². The summed E-state index contributed by atoms with van der Waals surface area (Å²) >= 11 is 0. The topological polar surface area (TPSA) is 85.4 Å². The monoisotopic (exact) mass is 240 g/mol. The lowest BCUT2D eigenvalue weighted by atomic mass is 10.2. The second-order valence-electron chi connectivity index (χ2n) is 4.32. The van der Waals surface area contributed by atoms with Gasteiger partial charge in [-0.1, -0.05) is 0 Å². The van der Waals surface area contributed by atoms with Crippen molar-refractivity contribution in [1.29, 1.82) is 0 Å². The minimum atomic E-state index is 0.276. The third-order valence-electron chi connectivity index (χ3n) is 2.85. The van der Waals surface area contributed by atoms with Crippen LogP contribution in [-0.4, -0.2) is 24.7 Å². The number of nitrogen functional groups attached to an aromatic ring is 1. The molecule has 0 aliphatic carbocycles. The van der Waals surface area contributed by atoms with Crippen molar-refractivity contribution in [3.05, 3.63) is 24.8 Å². The van der Waals surface area contributed by atoms with Crippen LogP contribution in [0.1, 0.15) is 19.9 Å². The van der Waals surface area contributed by atoms with E-state index in [0.717, 1.165) is 16.6 Å². The van der Waals surface area contributed by atoms with E-state index < -0.39 is 0 Å². The molecule has 0 aliphatic heterocycles. The molecule has 0 fully saturated rings. The molecule has 6 heteroatoms. The summed E-state index contributed by atoms with van der Waals surface area (Å²) in [6.45, 7) is 4.17. The zero-order chi connectivity index (χ0) is 12.7. The van der Waals surface area contributed by atoms with Crippen LogP contribution in [0.2, 0.25) is 0 Å². The second kappa shape index (κ2) is 3.74. The van der Waals surface area contributed by atoms with Crippen LogP contribution in [0, 0.1) is 12.3 Å². The standard InChI is InChI=1S/C12H12N6/c1-7(2)18-5-8(9-3-4-16-17-9)10-11(13)14-6-15-12(10)18/h5-7,16H,1-2H3,(H2,13,14,15). The Morgan fingerprint density at radius 1 is 1.39 bits per heavy atom. The van der Waals surface area contributed by atoms with Gasteiger partial charge in [0, 0.05) is 24.0 Å². The number of fused-ring (bicyclic) bond motifs is 1. The van der Waals surface area contributed by atoms with Crippen molar-refractivity contribution in [2.45, 2.75) is 19.9 Å². The van der Waals surface area contributed by atoms with Crippen LogP contribution in [0.4, 0.5) is 5.82 Å². The van der Waals surface area contributed by atoms with Crippen LogP contribution >= 0.6 is 0 Å². The number of hydrogen-bond acceptors (Lipinski definition) is 4. The maximum Gasteiger partial charge on any atom is 0.146 e. The van der Waals surface area contributed by atoms with Crippen LogP contribution < -0.4 is 5.73 Å². The van der Waals surface area contributed by atoms with Crippen molar-refractivity contribution in [3.8, 4) is 11.3 Å². The van der Waals surface area contributed by atoms with Crippen LogP contribution in [0.5, 0.6) is 0 Å². The molecule has 3 rings (SSSR count). The SMILES string of the molecule is CC(C)n1cc(-c2c#c[nH]n2)c2c(N)ncnc21. The molecule has 90 valence electrons. The minimum absolute atomic E-state index is 0.276. The molecule has 0 bridgehead atoms. The Labute approximate surface area is 104 Å². The fourth-order valence-corrected chi connectivity index (χ4v) is 2.01. The molecule has 18 heavy (non-hydrogen) atoms. The van der Waals surface area contributed by atoms with Gasteiger partial charge < -0.3 is 10.3 Å². The van der Waals surface area contributed by atoms with Crippen molar-refractivity contribution in [3.63, 3.8) is 0 Å². The van der Waals surface area contributed by atoms with E-state index in [2.05, 4.69) is 46.3 Å². The Morgan fingerprint density at radius 3 is 2.89 bits per heavy atom. The number of rotatable bonds is 2. The highest BCUT2D eigenvalue weighted by molar-refractivity contribution is 5.99. The highest BCUT2D eigenvalue weighted by Gasteiger charge is 2.17. The number of nitrogens with zero attached hydrogens (tertiary/aromatic N) is 4. The molecule has 0 saturated carbocycles. The molecule has 0 amide bonds. The molecule has 0 aromatic carbocycles. The summed E-state index contributed by atoms with van der Waals surface area (Å²) < 4.78 is 2.05. The molecule has 0 unspecified atom stereocenters. The fourth-order valence-electron chi connectivity index (χ4n) is 2.01. The molecule has 3 aromatic rings. The Hall–Kier alpha value is -2.55. The Morgan fingerprint density at radius 2 is 2.22 bits per heavy atom. The first kappa shape index (κ1) is 10.6. The van der Waals surface area contributed by atoms with E-state index in [1.807, 2.05) is 10.8 Å². The van der Waals surface area contributed by atoms with E-state index in [1.54, 1.807) is 0 Å². The lowest BCUT2D eigenvalue weighted by Crippen LogP contribution is -2.00. The smallest absolute Gasteiger partial charge is 0.146 e.